The van der Waals surface area contributed by atoms with Crippen molar-refractivity contribution in [1.29, 1.82) is 0 Å². The lowest BCUT2D eigenvalue weighted by molar-refractivity contribution is 0.590. The van der Waals surface area contributed by atoms with E-state index in [1.54, 1.807) is 0 Å². The quantitative estimate of drug-likeness (QED) is 0.155. The van der Waals surface area contributed by atoms with Crippen LogP contribution in [-0.4, -0.2) is 13.6 Å². The Morgan fingerprint density at radius 3 is 1.69 bits per heavy atom. The molecule has 0 atom stereocenters. The second-order valence-corrected chi connectivity index (χ2v) is 21.3. The van der Waals surface area contributed by atoms with Crippen LogP contribution < -0.4 is 37.2 Å². The van der Waals surface area contributed by atoms with Crippen LogP contribution in [0.3, 0.4) is 0 Å². The van der Waals surface area contributed by atoms with Crippen molar-refractivity contribution in [3.05, 3.63) is 144 Å². The maximum absolute atomic E-state index is 7.31. The van der Waals surface area contributed by atoms with Crippen molar-refractivity contribution in [2.24, 2.45) is 0 Å². The molecule has 4 nitrogen and oxygen atoms in total. The molecule has 9 aromatic rings. The van der Waals surface area contributed by atoms with Crippen molar-refractivity contribution in [1.82, 2.24) is 0 Å². The molecule has 300 valence electrons. The van der Waals surface area contributed by atoms with Crippen LogP contribution in [0.1, 0.15) is 79.0 Å². The average Bonchev–Trinajstić information content (AvgIpc) is 3.82. The van der Waals surface area contributed by atoms with Gasteiger partial charge in [0.1, 0.15) is 11.2 Å². The molecule has 0 radical (unpaired) electrons. The van der Waals surface area contributed by atoms with Gasteiger partial charge < -0.3 is 18.5 Å². The van der Waals surface area contributed by atoms with Crippen molar-refractivity contribution in [3.63, 3.8) is 0 Å². The molecule has 0 unspecified atom stereocenters. The first kappa shape index (κ1) is 36.3. The molecule has 0 saturated heterocycles. The molecule has 0 amide bonds. The highest BCUT2D eigenvalue weighted by Crippen LogP contribution is 2.54. The number of para-hydroxylation sites is 3. The molecule has 6 heteroatoms. The number of nitrogens with zero attached hydrogens (tertiary/aromatic N) is 2. The van der Waals surface area contributed by atoms with Crippen molar-refractivity contribution >= 4 is 102 Å². The van der Waals surface area contributed by atoms with E-state index in [4.69, 9.17) is 8.83 Å². The van der Waals surface area contributed by atoms with E-state index in [-0.39, 0.29) is 29.8 Å². The Balaban J connectivity index is 1.21. The molecule has 0 saturated carbocycles. The van der Waals surface area contributed by atoms with Crippen molar-refractivity contribution in [3.8, 4) is 22.3 Å². The molecule has 0 bridgehead atoms. The van der Waals surface area contributed by atoms with E-state index in [1.807, 2.05) is 0 Å². The minimum absolute atomic E-state index is 0.0105. The zero-order valence-corrected chi connectivity index (χ0v) is 37.0. The van der Waals surface area contributed by atoms with Crippen LogP contribution in [0.2, 0.25) is 0 Å². The van der Waals surface area contributed by atoms with Gasteiger partial charge in [0, 0.05) is 44.3 Å². The van der Waals surface area contributed by atoms with Crippen molar-refractivity contribution in [2.75, 3.05) is 9.71 Å². The molecular formula is C56H48B2N2O2. The molecule has 2 aromatic heterocycles. The zero-order chi connectivity index (χ0) is 42.4. The number of fused-ring (bicyclic) bond motifs is 14. The summed E-state index contributed by atoms with van der Waals surface area (Å²) in [6, 6.07) is 48.1. The lowest BCUT2D eigenvalue weighted by Gasteiger charge is -2.51. The summed E-state index contributed by atoms with van der Waals surface area (Å²) in [6.07, 6.45) is 0. The summed E-state index contributed by atoms with van der Waals surface area (Å²) in [6.45, 7) is 20.9. The predicted octanol–water partition coefficient (Wildman–Crippen LogP) is 11.7. The van der Waals surface area contributed by atoms with E-state index < -0.39 is 0 Å². The Kier molecular flexibility index (Phi) is 6.87. The SMILES string of the molecule is CC(C)(C)c1ccc2c(c1)B1c3cc(C(C)(C)C)ccc3-c3ccc4c5c3N1c1c(cc(C(C)(C)C)cc1-2)B5c1oc2ccccc2c1N4c1cccc2c1oc1ccccc12. The maximum atomic E-state index is 7.31. The molecule has 4 aliphatic heterocycles. The normalized spacial score (nSPS) is 14.7. The molecule has 0 aliphatic carbocycles. The van der Waals surface area contributed by atoms with Gasteiger partial charge in [-0.25, -0.2) is 0 Å². The number of anilines is 5. The van der Waals surface area contributed by atoms with Gasteiger partial charge in [0.25, 0.3) is 6.71 Å². The number of rotatable bonds is 1. The third-order valence-corrected chi connectivity index (χ3v) is 14.5. The number of furan rings is 2. The largest absolute Gasteiger partial charge is 0.468 e. The van der Waals surface area contributed by atoms with E-state index in [1.165, 1.54) is 72.2 Å². The van der Waals surface area contributed by atoms with Gasteiger partial charge in [-0.2, -0.15) is 0 Å². The van der Waals surface area contributed by atoms with Gasteiger partial charge in [-0.05, 0) is 102 Å². The maximum Gasteiger partial charge on any atom is 0.329 e. The molecule has 4 aliphatic rings. The molecular weight excluding hydrogens is 754 g/mol. The van der Waals surface area contributed by atoms with Crippen LogP contribution in [0.25, 0.3) is 55.2 Å². The Morgan fingerprint density at radius 1 is 0.435 bits per heavy atom. The number of hydrogen-bond acceptors (Lipinski definition) is 4. The van der Waals surface area contributed by atoms with Crippen LogP contribution in [0.15, 0.2) is 136 Å². The first-order chi connectivity index (χ1) is 29.7. The van der Waals surface area contributed by atoms with Gasteiger partial charge in [-0.15, -0.1) is 0 Å². The third-order valence-electron chi connectivity index (χ3n) is 14.5. The van der Waals surface area contributed by atoms with Gasteiger partial charge >= 0.3 is 6.85 Å². The Hall–Kier alpha value is -6.39. The second-order valence-electron chi connectivity index (χ2n) is 21.3. The fraction of sp³-hybridized carbons (Fsp3) is 0.214. The Labute approximate surface area is 364 Å². The third kappa shape index (κ3) is 4.65. The monoisotopic (exact) mass is 802 g/mol. The molecule has 0 fully saturated rings. The standard InChI is InChI=1S/C56H48B2N2O2/c1-54(2,3)31-21-23-34-37-25-26-44-48-50(37)60-49-40(35-24-22-32(55(4,5)6)29-42(35)58(60)41(34)28-31)27-33(56(7,8)9)30-43(49)57(48)53-51(39-16-11-13-20-47(39)62-53)59(44)45-18-14-17-38-36-15-10-12-19-46(36)61-52(38)45/h10-30H,1-9H3. The molecule has 7 aromatic carbocycles. The summed E-state index contributed by atoms with van der Waals surface area (Å²) in [4.78, 5) is 5.24. The smallest absolute Gasteiger partial charge is 0.329 e. The van der Waals surface area contributed by atoms with Crippen LogP contribution in [0.5, 0.6) is 0 Å². The van der Waals surface area contributed by atoms with Gasteiger partial charge in [0.15, 0.2) is 5.58 Å². The van der Waals surface area contributed by atoms with E-state index in [0.29, 0.717) is 0 Å². The Morgan fingerprint density at radius 2 is 1.02 bits per heavy atom. The highest BCUT2D eigenvalue weighted by atomic mass is 16.3. The van der Waals surface area contributed by atoms with Gasteiger partial charge in [0.2, 0.25) is 0 Å². The number of hydrogen-bond donors (Lipinski definition) is 0. The Bertz CT molecular complexity index is 3460. The first-order valence-electron chi connectivity index (χ1n) is 22.3. The van der Waals surface area contributed by atoms with Crippen LogP contribution in [0, 0.1) is 0 Å². The van der Waals surface area contributed by atoms with Crippen LogP contribution >= 0.6 is 0 Å². The summed E-state index contributed by atoms with van der Waals surface area (Å²) >= 11 is 0. The van der Waals surface area contributed by atoms with Gasteiger partial charge in [-0.1, -0.05) is 153 Å². The first-order valence-corrected chi connectivity index (χ1v) is 22.3. The average molecular weight is 803 g/mol. The van der Waals surface area contributed by atoms with Gasteiger partial charge in [0.05, 0.1) is 17.0 Å². The summed E-state index contributed by atoms with van der Waals surface area (Å²) in [5.41, 5.74) is 24.0. The van der Waals surface area contributed by atoms with Crippen LogP contribution in [0.4, 0.5) is 28.4 Å². The van der Waals surface area contributed by atoms with Crippen molar-refractivity contribution in [2.45, 2.75) is 78.6 Å². The highest BCUT2D eigenvalue weighted by molar-refractivity contribution is 7.03. The molecule has 6 heterocycles. The summed E-state index contributed by atoms with van der Waals surface area (Å²) in [5, 5.41) is 3.33. The minimum atomic E-state index is -0.146. The topological polar surface area (TPSA) is 32.8 Å². The minimum Gasteiger partial charge on any atom is -0.468 e. The lowest BCUT2D eigenvalue weighted by atomic mass is 9.31. The van der Waals surface area contributed by atoms with Crippen molar-refractivity contribution < 1.29 is 8.83 Å². The van der Waals surface area contributed by atoms with E-state index in [9.17, 15) is 0 Å². The van der Waals surface area contributed by atoms with E-state index in [0.717, 1.165) is 55.6 Å². The molecule has 0 N–H and O–H groups in total. The fourth-order valence-corrected chi connectivity index (χ4v) is 11.3. The predicted molar refractivity (Wildman–Crippen MR) is 263 cm³/mol. The van der Waals surface area contributed by atoms with E-state index >= 15 is 0 Å². The molecule has 0 spiro atoms. The van der Waals surface area contributed by atoms with Crippen LogP contribution in [-0.2, 0) is 16.2 Å². The summed E-state index contributed by atoms with van der Waals surface area (Å²) in [7, 11) is 0. The molecule has 62 heavy (non-hydrogen) atoms. The second kappa shape index (κ2) is 11.7. The summed E-state index contributed by atoms with van der Waals surface area (Å²) in [5.74, 6) is 0. The van der Waals surface area contributed by atoms with E-state index in [2.05, 4.69) is 199 Å². The zero-order valence-electron chi connectivity index (χ0n) is 37.0. The fourth-order valence-electron chi connectivity index (χ4n) is 11.3. The van der Waals surface area contributed by atoms with Gasteiger partial charge in [-0.3, -0.25) is 0 Å². The number of benzene rings is 7. The summed E-state index contributed by atoms with van der Waals surface area (Å²) < 4.78 is 14.2. The lowest BCUT2D eigenvalue weighted by Crippen LogP contribution is -2.69. The highest BCUT2D eigenvalue weighted by Gasteiger charge is 2.54. The molecule has 13 rings (SSSR count).